The highest BCUT2D eigenvalue weighted by atomic mass is 35.5. The van der Waals surface area contributed by atoms with Crippen LogP contribution in [0.4, 0.5) is 10.6 Å². The van der Waals surface area contributed by atoms with Crippen molar-refractivity contribution in [3.05, 3.63) is 65.1 Å². The van der Waals surface area contributed by atoms with E-state index in [0.717, 1.165) is 10.9 Å². The molecule has 1 fully saturated rings. The molecule has 1 saturated heterocycles. The number of amides is 1. The summed E-state index contributed by atoms with van der Waals surface area (Å²) in [6.45, 7) is 6.02. The number of fused-ring (bicyclic) bond motifs is 2. The lowest BCUT2D eigenvalue weighted by Gasteiger charge is -2.39. The Morgan fingerprint density at radius 1 is 1.10 bits per heavy atom. The van der Waals surface area contributed by atoms with Crippen LogP contribution in [0.1, 0.15) is 32.0 Å². The molecule has 4 aromatic rings. The lowest BCUT2D eigenvalue weighted by molar-refractivity contribution is -0.159. The Morgan fingerprint density at radius 3 is 2.61 bits per heavy atom. The van der Waals surface area contributed by atoms with Gasteiger partial charge in [0.05, 0.1) is 24.7 Å². The molecule has 41 heavy (non-hydrogen) atoms. The van der Waals surface area contributed by atoms with E-state index in [-0.39, 0.29) is 32.1 Å². The fourth-order valence-corrected chi connectivity index (χ4v) is 5.23. The molecule has 1 unspecified atom stereocenters. The monoisotopic (exact) mass is 578 g/mol. The van der Waals surface area contributed by atoms with Gasteiger partial charge in [0.25, 0.3) is 0 Å². The molecule has 1 aliphatic heterocycles. The van der Waals surface area contributed by atoms with Crippen LogP contribution in [0.25, 0.3) is 21.8 Å². The summed E-state index contributed by atoms with van der Waals surface area (Å²) in [7, 11) is 1.30. The number of ether oxygens (including phenoxy) is 2. The fraction of sp³-hybridized carbons (Fsp3) is 0.345. The number of nitrogen functional groups attached to an aromatic ring is 1. The smallest absolute Gasteiger partial charge is 0.419 e. The highest BCUT2D eigenvalue weighted by Gasteiger charge is 2.38. The molecule has 2 N–H and O–H groups in total. The van der Waals surface area contributed by atoms with Gasteiger partial charge in [-0.3, -0.25) is 9.69 Å². The van der Waals surface area contributed by atoms with Crippen LogP contribution in [0.2, 0.25) is 5.02 Å². The van der Waals surface area contributed by atoms with Gasteiger partial charge in [-0.1, -0.05) is 17.7 Å². The first-order chi connectivity index (χ1) is 19.4. The molecule has 5 rings (SSSR count). The van der Waals surface area contributed by atoms with E-state index in [4.69, 9.17) is 26.8 Å². The molecule has 2 aromatic heterocycles. The van der Waals surface area contributed by atoms with Gasteiger partial charge in [0.15, 0.2) is 0 Å². The zero-order chi connectivity index (χ0) is 29.5. The minimum absolute atomic E-state index is 0.0345. The van der Waals surface area contributed by atoms with Crippen LogP contribution in [-0.4, -0.2) is 74.1 Å². The Labute approximate surface area is 241 Å². The van der Waals surface area contributed by atoms with Crippen LogP contribution in [0.3, 0.4) is 0 Å². The number of aromatic nitrogens is 3. The maximum absolute atomic E-state index is 13.5. The SMILES string of the molecule is COC(=O)C1CN(Cc2cc3cc(Cl)ccc3n2C(=O)OC(C)(C)C)CC(=O)N1Cc1ccc2c(N)ncnc2c1. The van der Waals surface area contributed by atoms with Gasteiger partial charge in [-0.05, 0) is 62.7 Å². The minimum Gasteiger partial charge on any atom is -0.467 e. The lowest BCUT2D eigenvalue weighted by Crippen LogP contribution is -2.59. The number of nitrogens with zero attached hydrogens (tertiary/aromatic N) is 5. The summed E-state index contributed by atoms with van der Waals surface area (Å²) in [5.41, 5.74) is 7.90. The number of hydrogen-bond acceptors (Lipinski definition) is 9. The van der Waals surface area contributed by atoms with E-state index >= 15 is 0 Å². The van der Waals surface area contributed by atoms with Crippen molar-refractivity contribution in [1.29, 1.82) is 0 Å². The van der Waals surface area contributed by atoms with E-state index in [1.54, 1.807) is 45.0 Å². The number of methoxy groups -OCH3 is 1. The summed E-state index contributed by atoms with van der Waals surface area (Å²) in [4.78, 5) is 51.3. The van der Waals surface area contributed by atoms with Gasteiger partial charge in [-0.15, -0.1) is 0 Å². The summed E-state index contributed by atoms with van der Waals surface area (Å²) in [5, 5.41) is 2.00. The molecule has 0 bridgehead atoms. The molecule has 214 valence electrons. The van der Waals surface area contributed by atoms with Crippen molar-refractivity contribution in [3.8, 4) is 0 Å². The van der Waals surface area contributed by atoms with E-state index in [9.17, 15) is 14.4 Å². The average Bonchev–Trinajstić information content (AvgIpc) is 3.25. The highest BCUT2D eigenvalue weighted by Crippen LogP contribution is 2.27. The predicted molar refractivity (Wildman–Crippen MR) is 154 cm³/mol. The highest BCUT2D eigenvalue weighted by molar-refractivity contribution is 6.31. The molecule has 11 nitrogen and oxygen atoms in total. The van der Waals surface area contributed by atoms with Crippen LogP contribution in [0, 0.1) is 0 Å². The molecule has 0 radical (unpaired) electrons. The van der Waals surface area contributed by atoms with Crippen molar-refractivity contribution in [1.82, 2.24) is 24.3 Å². The van der Waals surface area contributed by atoms with Gasteiger partial charge < -0.3 is 20.1 Å². The molecule has 0 aliphatic carbocycles. The van der Waals surface area contributed by atoms with Crippen LogP contribution in [-0.2, 0) is 32.2 Å². The fourth-order valence-electron chi connectivity index (χ4n) is 5.05. The number of hydrogen-bond donors (Lipinski definition) is 1. The molecule has 1 amide bonds. The van der Waals surface area contributed by atoms with E-state index in [2.05, 4.69) is 9.97 Å². The van der Waals surface area contributed by atoms with E-state index in [0.29, 0.717) is 33.0 Å². The molecule has 3 heterocycles. The summed E-state index contributed by atoms with van der Waals surface area (Å²) >= 11 is 6.22. The number of rotatable bonds is 5. The molecular formula is C29H31ClN6O5. The van der Waals surface area contributed by atoms with Gasteiger partial charge in [0.1, 0.15) is 23.8 Å². The molecule has 12 heteroatoms. The number of esters is 1. The number of piperazine rings is 1. The number of halogens is 1. The number of benzene rings is 2. The van der Waals surface area contributed by atoms with Crippen molar-refractivity contribution in [3.63, 3.8) is 0 Å². The van der Waals surface area contributed by atoms with Crippen LogP contribution in [0.15, 0.2) is 48.8 Å². The maximum Gasteiger partial charge on any atom is 0.419 e. The number of carbonyl (C=O) groups excluding carboxylic acids is 3. The minimum atomic E-state index is -0.860. The molecule has 1 aliphatic rings. The van der Waals surface area contributed by atoms with Crippen molar-refractivity contribution in [2.75, 3.05) is 25.9 Å². The Bertz CT molecular complexity index is 1660. The number of nitrogens with two attached hydrogens (primary N) is 1. The maximum atomic E-state index is 13.5. The average molecular weight is 579 g/mol. The van der Waals surface area contributed by atoms with E-state index in [1.807, 2.05) is 23.1 Å². The van der Waals surface area contributed by atoms with E-state index in [1.165, 1.54) is 22.9 Å². The third kappa shape index (κ3) is 5.96. The zero-order valence-corrected chi connectivity index (χ0v) is 24.0. The largest absolute Gasteiger partial charge is 0.467 e. The van der Waals surface area contributed by atoms with Crippen LogP contribution in [0.5, 0.6) is 0 Å². The molecule has 0 saturated carbocycles. The van der Waals surface area contributed by atoms with Gasteiger partial charge in [0, 0.05) is 41.1 Å². The summed E-state index contributed by atoms with van der Waals surface area (Å²) < 4.78 is 12.2. The van der Waals surface area contributed by atoms with Crippen LogP contribution < -0.4 is 5.73 Å². The first kappa shape index (κ1) is 28.3. The first-order valence-corrected chi connectivity index (χ1v) is 13.4. The molecule has 0 spiro atoms. The Hall–Kier alpha value is -4.22. The number of carbonyl (C=O) groups is 3. The second-order valence-electron chi connectivity index (χ2n) is 11.0. The summed E-state index contributed by atoms with van der Waals surface area (Å²) in [6.07, 6.45) is 0.840. The molecule has 2 aromatic carbocycles. The summed E-state index contributed by atoms with van der Waals surface area (Å²) in [5.74, 6) is -0.420. The van der Waals surface area contributed by atoms with Crippen molar-refractivity contribution >= 4 is 57.2 Å². The standard InChI is InChI=1S/C29H31ClN6O5/c1-29(2,3)41-28(39)36-20(11-18-10-19(30)6-8-23(18)36)13-34-14-24(27(38)40-4)35(25(37)15-34)12-17-5-7-21-22(9-17)32-16-33-26(21)31/h5-11,16,24H,12-15H2,1-4H3,(H2,31,32,33). The van der Waals surface area contributed by atoms with Crippen molar-refractivity contribution < 1.29 is 23.9 Å². The van der Waals surface area contributed by atoms with Gasteiger partial charge in [0.2, 0.25) is 5.91 Å². The van der Waals surface area contributed by atoms with Gasteiger partial charge in [-0.2, -0.15) is 0 Å². The molecular weight excluding hydrogens is 548 g/mol. The quantitative estimate of drug-likeness (QED) is 0.349. The lowest BCUT2D eigenvalue weighted by atomic mass is 10.1. The number of anilines is 1. The second-order valence-corrected chi connectivity index (χ2v) is 11.4. The Kier molecular flexibility index (Phi) is 7.58. The third-order valence-electron chi connectivity index (χ3n) is 6.85. The summed E-state index contributed by atoms with van der Waals surface area (Å²) in [6, 6.07) is 11.7. The van der Waals surface area contributed by atoms with Crippen LogP contribution >= 0.6 is 11.6 Å². The van der Waals surface area contributed by atoms with Gasteiger partial charge in [-0.25, -0.2) is 24.1 Å². The predicted octanol–water partition coefficient (Wildman–Crippen LogP) is 3.99. The van der Waals surface area contributed by atoms with Gasteiger partial charge >= 0.3 is 12.1 Å². The first-order valence-electron chi connectivity index (χ1n) is 13.1. The second kappa shape index (κ2) is 11.0. The van der Waals surface area contributed by atoms with Crippen molar-refractivity contribution in [2.45, 2.75) is 45.5 Å². The Balaban J connectivity index is 1.43. The zero-order valence-electron chi connectivity index (χ0n) is 23.3. The normalized spacial score (nSPS) is 16.4. The third-order valence-corrected chi connectivity index (χ3v) is 7.08. The van der Waals surface area contributed by atoms with Crippen molar-refractivity contribution in [2.24, 2.45) is 0 Å². The van der Waals surface area contributed by atoms with E-state index < -0.39 is 23.7 Å². The topological polar surface area (TPSA) is 133 Å². The molecule has 1 atom stereocenters. The Morgan fingerprint density at radius 2 is 1.88 bits per heavy atom.